The normalized spacial score (nSPS) is 31.4. The lowest BCUT2D eigenvalue weighted by atomic mass is 9.49. The van der Waals surface area contributed by atoms with Crippen LogP contribution in [0.2, 0.25) is 0 Å². The van der Waals surface area contributed by atoms with Gasteiger partial charge in [-0.2, -0.15) is 0 Å². The molecular weight excluding hydrogens is 342 g/mol. The van der Waals surface area contributed by atoms with E-state index >= 15 is 0 Å². The van der Waals surface area contributed by atoms with Crippen molar-refractivity contribution < 1.29 is 14.4 Å². The summed E-state index contributed by atoms with van der Waals surface area (Å²) >= 11 is 0. The number of rotatable bonds is 7. The van der Waals surface area contributed by atoms with Gasteiger partial charge in [-0.3, -0.25) is 14.4 Å². The first-order chi connectivity index (χ1) is 12.7. The lowest BCUT2D eigenvalue weighted by Crippen LogP contribution is -2.53. The zero-order valence-electron chi connectivity index (χ0n) is 17.0. The van der Waals surface area contributed by atoms with Crippen molar-refractivity contribution in [1.29, 1.82) is 0 Å². The molecule has 0 aliphatic heterocycles. The van der Waals surface area contributed by atoms with Gasteiger partial charge in [0.2, 0.25) is 17.7 Å². The summed E-state index contributed by atoms with van der Waals surface area (Å²) in [5.74, 6) is 2.15. The Kier molecular flexibility index (Phi) is 5.82. The Morgan fingerprint density at radius 1 is 0.889 bits per heavy atom. The van der Waals surface area contributed by atoms with Gasteiger partial charge >= 0.3 is 0 Å². The van der Waals surface area contributed by atoms with Crippen molar-refractivity contribution in [3.05, 3.63) is 0 Å². The summed E-state index contributed by atoms with van der Waals surface area (Å²) in [4.78, 5) is 36.4. The minimum Gasteiger partial charge on any atom is -0.356 e. The van der Waals surface area contributed by atoms with E-state index in [1.807, 2.05) is 20.8 Å². The zero-order valence-corrected chi connectivity index (χ0v) is 17.0. The molecule has 4 aliphatic rings. The summed E-state index contributed by atoms with van der Waals surface area (Å²) in [6.07, 6.45) is 8.10. The molecule has 0 radical (unpaired) electrons. The number of amides is 3. The van der Waals surface area contributed by atoms with Gasteiger partial charge in [0.1, 0.15) is 0 Å². The van der Waals surface area contributed by atoms with Crippen molar-refractivity contribution in [2.24, 2.45) is 23.2 Å². The monoisotopic (exact) mass is 377 g/mol. The predicted molar refractivity (Wildman–Crippen MR) is 104 cm³/mol. The molecule has 4 bridgehead atoms. The maximum Gasteiger partial charge on any atom is 0.239 e. The molecule has 0 saturated heterocycles. The van der Waals surface area contributed by atoms with Crippen LogP contribution in [0.4, 0.5) is 0 Å². The maximum absolute atomic E-state index is 12.8. The minimum absolute atomic E-state index is 0.00423. The molecular formula is C21H35N3O3. The van der Waals surface area contributed by atoms with E-state index in [-0.39, 0.29) is 35.2 Å². The Morgan fingerprint density at radius 2 is 1.44 bits per heavy atom. The molecule has 3 N–H and O–H groups in total. The van der Waals surface area contributed by atoms with Crippen molar-refractivity contribution in [2.45, 2.75) is 77.7 Å². The summed E-state index contributed by atoms with van der Waals surface area (Å²) in [5.41, 5.74) is -0.425. The Bertz CT molecular complexity index is 559. The largest absolute Gasteiger partial charge is 0.356 e. The summed E-state index contributed by atoms with van der Waals surface area (Å²) in [6.45, 7) is 6.23. The van der Waals surface area contributed by atoms with E-state index in [0.29, 0.717) is 19.4 Å². The molecule has 0 aromatic heterocycles. The van der Waals surface area contributed by atoms with Gasteiger partial charge in [-0.05, 0) is 83.5 Å². The molecule has 0 spiro atoms. The molecule has 0 unspecified atom stereocenters. The number of carbonyl (C=O) groups excluding carboxylic acids is 3. The molecule has 3 amide bonds. The van der Waals surface area contributed by atoms with Crippen molar-refractivity contribution >= 4 is 17.7 Å². The predicted octanol–water partition coefficient (Wildman–Crippen LogP) is 2.13. The average molecular weight is 378 g/mol. The van der Waals surface area contributed by atoms with Crippen LogP contribution in [0, 0.1) is 23.2 Å². The van der Waals surface area contributed by atoms with Gasteiger partial charge in [0.25, 0.3) is 0 Å². The fourth-order valence-corrected chi connectivity index (χ4v) is 5.76. The second kappa shape index (κ2) is 7.80. The molecule has 6 heteroatoms. The highest BCUT2D eigenvalue weighted by atomic mass is 16.2. The SMILES string of the molecule is CC(C)(C)NC(=O)CNC(=O)CCCNC(=O)C12CC3CC(CC(C3)C1)C2. The van der Waals surface area contributed by atoms with Crippen molar-refractivity contribution in [3.8, 4) is 0 Å². The van der Waals surface area contributed by atoms with Gasteiger partial charge in [-0.15, -0.1) is 0 Å². The van der Waals surface area contributed by atoms with Crippen LogP contribution in [-0.2, 0) is 14.4 Å². The lowest BCUT2D eigenvalue weighted by molar-refractivity contribution is -0.146. The van der Waals surface area contributed by atoms with Crippen LogP contribution in [0.5, 0.6) is 0 Å². The fraction of sp³-hybridized carbons (Fsp3) is 0.857. The zero-order chi connectivity index (χ0) is 19.7. The standard InChI is InChI=1S/C21H35N3O3/c1-20(2,3)24-18(26)13-23-17(25)5-4-6-22-19(27)21-10-14-7-15(11-21)9-16(8-14)12-21/h14-16H,4-13H2,1-3H3,(H,22,27)(H,23,25)(H,24,26). The maximum atomic E-state index is 12.8. The summed E-state index contributed by atoms with van der Waals surface area (Å²) in [6, 6.07) is 0. The van der Waals surface area contributed by atoms with Crippen molar-refractivity contribution in [3.63, 3.8) is 0 Å². The van der Waals surface area contributed by atoms with Crippen LogP contribution < -0.4 is 16.0 Å². The van der Waals surface area contributed by atoms with Gasteiger partial charge in [-0.25, -0.2) is 0 Å². The van der Waals surface area contributed by atoms with Gasteiger partial charge in [-0.1, -0.05) is 0 Å². The highest BCUT2D eigenvalue weighted by Gasteiger charge is 2.54. The molecule has 6 nitrogen and oxygen atoms in total. The van der Waals surface area contributed by atoms with E-state index in [1.54, 1.807) is 0 Å². The minimum atomic E-state index is -0.302. The fourth-order valence-electron chi connectivity index (χ4n) is 5.76. The van der Waals surface area contributed by atoms with E-state index in [4.69, 9.17) is 0 Å². The van der Waals surface area contributed by atoms with Crippen LogP contribution in [0.1, 0.15) is 72.1 Å². The highest BCUT2D eigenvalue weighted by Crippen LogP contribution is 2.60. The van der Waals surface area contributed by atoms with Crippen LogP contribution >= 0.6 is 0 Å². The van der Waals surface area contributed by atoms with Crippen molar-refractivity contribution in [2.75, 3.05) is 13.1 Å². The molecule has 0 aromatic rings. The number of hydrogen-bond acceptors (Lipinski definition) is 3. The second-order valence-electron chi connectivity index (χ2n) is 10.1. The first-order valence-electron chi connectivity index (χ1n) is 10.5. The average Bonchev–Trinajstić information content (AvgIpc) is 2.54. The number of carbonyl (C=O) groups is 3. The van der Waals surface area contributed by atoms with Crippen LogP contribution in [-0.4, -0.2) is 36.3 Å². The van der Waals surface area contributed by atoms with Gasteiger partial charge in [0.15, 0.2) is 0 Å². The summed E-state index contributed by atoms with van der Waals surface area (Å²) in [5, 5.41) is 8.54. The third kappa shape index (κ3) is 5.23. The summed E-state index contributed by atoms with van der Waals surface area (Å²) in [7, 11) is 0. The molecule has 0 heterocycles. The molecule has 0 atom stereocenters. The van der Waals surface area contributed by atoms with E-state index in [0.717, 1.165) is 37.0 Å². The van der Waals surface area contributed by atoms with Crippen LogP contribution in [0.15, 0.2) is 0 Å². The number of nitrogens with one attached hydrogen (secondary N) is 3. The second-order valence-corrected chi connectivity index (χ2v) is 10.1. The van der Waals surface area contributed by atoms with Crippen LogP contribution in [0.25, 0.3) is 0 Å². The molecule has 4 saturated carbocycles. The quantitative estimate of drug-likeness (QED) is 0.594. The Hall–Kier alpha value is -1.59. The smallest absolute Gasteiger partial charge is 0.239 e. The first-order valence-corrected chi connectivity index (χ1v) is 10.5. The third-order valence-corrected chi connectivity index (χ3v) is 6.35. The van der Waals surface area contributed by atoms with Gasteiger partial charge in [0.05, 0.1) is 6.54 Å². The molecule has 0 aromatic carbocycles. The lowest BCUT2D eigenvalue weighted by Gasteiger charge is -2.55. The van der Waals surface area contributed by atoms with E-state index < -0.39 is 0 Å². The molecule has 4 aliphatic carbocycles. The van der Waals surface area contributed by atoms with E-state index in [9.17, 15) is 14.4 Å². The Morgan fingerprint density at radius 3 is 1.96 bits per heavy atom. The Balaban J connectivity index is 1.33. The van der Waals surface area contributed by atoms with Crippen molar-refractivity contribution in [1.82, 2.24) is 16.0 Å². The first kappa shape index (κ1) is 20.2. The van der Waals surface area contributed by atoms with Gasteiger partial charge < -0.3 is 16.0 Å². The third-order valence-electron chi connectivity index (χ3n) is 6.35. The Labute approximate surface area is 162 Å². The van der Waals surface area contributed by atoms with E-state index in [2.05, 4.69) is 16.0 Å². The summed E-state index contributed by atoms with van der Waals surface area (Å²) < 4.78 is 0. The topological polar surface area (TPSA) is 87.3 Å². The molecule has 27 heavy (non-hydrogen) atoms. The number of hydrogen-bond donors (Lipinski definition) is 3. The van der Waals surface area contributed by atoms with Gasteiger partial charge in [0, 0.05) is 23.9 Å². The molecule has 152 valence electrons. The van der Waals surface area contributed by atoms with Crippen LogP contribution in [0.3, 0.4) is 0 Å². The molecule has 4 rings (SSSR count). The molecule has 4 fully saturated rings. The van der Waals surface area contributed by atoms with E-state index in [1.165, 1.54) is 19.3 Å². The highest BCUT2D eigenvalue weighted by molar-refractivity contribution is 5.85.